The van der Waals surface area contributed by atoms with Gasteiger partial charge in [0, 0.05) is 0 Å². The van der Waals surface area contributed by atoms with E-state index in [9.17, 15) is 15.3 Å². The summed E-state index contributed by atoms with van der Waals surface area (Å²) in [6.07, 6.45) is -5.98. The van der Waals surface area contributed by atoms with Crippen LogP contribution in [0.4, 0.5) is 0 Å². The van der Waals surface area contributed by atoms with Gasteiger partial charge in [0.2, 0.25) is 0 Å². The van der Waals surface area contributed by atoms with Crippen molar-refractivity contribution >= 4 is 0 Å². The maximum atomic E-state index is 9.47. The van der Waals surface area contributed by atoms with E-state index in [-0.39, 0.29) is 6.61 Å². The van der Waals surface area contributed by atoms with E-state index in [2.05, 4.69) is 0 Å². The van der Waals surface area contributed by atoms with Crippen LogP contribution in [0.5, 0.6) is 0 Å². The van der Waals surface area contributed by atoms with Crippen molar-refractivity contribution in [2.24, 2.45) is 0 Å². The predicted octanol–water partition coefficient (Wildman–Crippen LogP) is -1.76. The van der Waals surface area contributed by atoms with Crippen LogP contribution in [0.3, 0.4) is 0 Å². The average Bonchev–Trinajstić information content (AvgIpc) is 2.21. The quantitative estimate of drug-likeness (QED) is 0.375. The third kappa shape index (κ3) is 5.74. The second-order valence-electron chi connectivity index (χ2n) is 4.72. The van der Waals surface area contributed by atoms with Gasteiger partial charge in [0.25, 0.3) is 0 Å². The van der Waals surface area contributed by atoms with Gasteiger partial charge in [0.05, 0.1) is 18.8 Å². The minimum atomic E-state index is -1.61. The van der Waals surface area contributed by atoms with Crippen molar-refractivity contribution < 1.29 is 30.3 Å². The average molecular weight is 238 g/mol. The Hall–Kier alpha value is -0.240. The molecule has 0 aromatic carbocycles. The van der Waals surface area contributed by atoms with E-state index in [4.69, 9.17) is 14.9 Å². The fourth-order valence-electron chi connectivity index (χ4n) is 0.997. The molecule has 6 heteroatoms. The Morgan fingerprint density at radius 1 is 0.938 bits per heavy atom. The lowest BCUT2D eigenvalue weighted by Crippen LogP contribution is -2.48. The Kier molecular flexibility index (Phi) is 6.39. The molecule has 0 fully saturated rings. The molecular weight excluding hydrogens is 216 g/mol. The van der Waals surface area contributed by atoms with Gasteiger partial charge in [0.1, 0.15) is 24.4 Å². The summed E-state index contributed by atoms with van der Waals surface area (Å²) in [4.78, 5) is 0. The SMILES string of the molecule is CC(C)(C)OC[C@@H](O)[C@@H](O)[C@H](O)[C@H](O)CO. The molecule has 0 saturated heterocycles. The zero-order valence-corrected chi connectivity index (χ0v) is 9.87. The molecule has 0 saturated carbocycles. The van der Waals surface area contributed by atoms with E-state index < -0.39 is 36.6 Å². The van der Waals surface area contributed by atoms with E-state index in [1.165, 1.54) is 0 Å². The van der Waals surface area contributed by atoms with Crippen molar-refractivity contribution in [3.8, 4) is 0 Å². The van der Waals surface area contributed by atoms with Crippen molar-refractivity contribution in [1.29, 1.82) is 0 Å². The fourth-order valence-corrected chi connectivity index (χ4v) is 0.997. The zero-order chi connectivity index (χ0) is 12.9. The first-order valence-electron chi connectivity index (χ1n) is 5.16. The van der Waals surface area contributed by atoms with Crippen molar-refractivity contribution in [1.82, 2.24) is 0 Å². The first-order valence-corrected chi connectivity index (χ1v) is 5.16. The lowest BCUT2D eigenvalue weighted by atomic mass is 10.0. The monoisotopic (exact) mass is 238 g/mol. The molecule has 0 radical (unpaired) electrons. The molecule has 5 N–H and O–H groups in total. The molecule has 16 heavy (non-hydrogen) atoms. The summed E-state index contributed by atoms with van der Waals surface area (Å²) in [7, 11) is 0. The summed E-state index contributed by atoms with van der Waals surface area (Å²) >= 11 is 0. The largest absolute Gasteiger partial charge is 0.394 e. The van der Waals surface area contributed by atoms with Crippen LogP contribution in [0.1, 0.15) is 20.8 Å². The third-order valence-corrected chi connectivity index (χ3v) is 2.01. The molecular formula is C10H22O6. The van der Waals surface area contributed by atoms with Gasteiger partial charge in [-0.25, -0.2) is 0 Å². The van der Waals surface area contributed by atoms with Gasteiger partial charge < -0.3 is 30.3 Å². The summed E-state index contributed by atoms with van der Waals surface area (Å²) in [6.45, 7) is 4.49. The number of aliphatic hydroxyl groups is 5. The number of aliphatic hydroxyl groups excluding tert-OH is 5. The highest BCUT2D eigenvalue weighted by Crippen LogP contribution is 2.11. The summed E-state index contributed by atoms with van der Waals surface area (Å²) in [6, 6.07) is 0. The number of hydrogen-bond donors (Lipinski definition) is 5. The van der Waals surface area contributed by atoms with Crippen LogP contribution in [0.2, 0.25) is 0 Å². The molecule has 0 heterocycles. The predicted molar refractivity (Wildman–Crippen MR) is 56.8 cm³/mol. The van der Waals surface area contributed by atoms with Gasteiger partial charge in [-0.1, -0.05) is 0 Å². The number of hydrogen-bond acceptors (Lipinski definition) is 6. The Morgan fingerprint density at radius 3 is 1.75 bits per heavy atom. The molecule has 0 aliphatic heterocycles. The van der Waals surface area contributed by atoms with Crippen molar-refractivity contribution in [3.05, 3.63) is 0 Å². The summed E-state index contributed by atoms with van der Waals surface area (Å²) < 4.78 is 5.21. The molecule has 0 amide bonds. The number of ether oxygens (including phenoxy) is 1. The van der Waals surface area contributed by atoms with Gasteiger partial charge in [-0.05, 0) is 20.8 Å². The lowest BCUT2D eigenvalue weighted by molar-refractivity contribution is -0.142. The highest BCUT2D eigenvalue weighted by Gasteiger charge is 2.30. The molecule has 0 rings (SSSR count). The van der Waals surface area contributed by atoms with Crippen LogP contribution < -0.4 is 0 Å². The molecule has 0 bridgehead atoms. The molecule has 6 nitrogen and oxygen atoms in total. The highest BCUT2D eigenvalue weighted by molar-refractivity contribution is 4.80. The lowest BCUT2D eigenvalue weighted by Gasteiger charge is -2.28. The van der Waals surface area contributed by atoms with Crippen molar-refractivity contribution in [2.45, 2.75) is 50.8 Å². The van der Waals surface area contributed by atoms with E-state index in [0.717, 1.165) is 0 Å². The molecule has 0 aliphatic carbocycles. The van der Waals surface area contributed by atoms with Gasteiger partial charge in [-0.15, -0.1) is 0 Å². The first kappa shape index (κ1) is 15.8. The van der Waals surface area contributed by atoms with Gasteiger partial charge in [0.15, 0.2) is 0 Å². The topological polar surface area (TPSA) is 110 Å². The van der Waals surface area contributed by atoms with E-state index in [0.29, 0.717) is 0 Å². The van der Waals surface area contributed by atoms with Crippen LogP contribution in [0.25, 0.3) is 0 Å². The van der Waals surface area contributed by atoms with Crippen molar-refractivity contribution in [2.75, 3.05) is 13.2 Å². The van der Waals surface area contributed by atoms with Crippen LogP contribution >= 0.6 is 0 Å². The van der Waals surface area contributed by atoms with Crippen LogP contribution in [0, 0.1) is 0 Å². The Morgan fingerprint density at radius 2 is 1.38 bits per heavy atom. The Bertz CT molecular complexity index is 190. The van der Waals surface area contributed by atoms with E-state index in [1.807, 2.05) is 0 Å². The highest BCUT2D eigenvalue weighted by atomic mass is 16.5. The van der Waals surface area contributed by atoms with Gasteiger partial charge >= 0.3 is 0 Å². The maximum absolute atomic E-state index is 9.47. The second kappa shape index (κ2) is 6.48. The minimum absolute atomic E-state index is 0.167. The second-order valence-corrected chi connectivity index (χ2v) is 4.72. The molecule has 0 aliphatic rings. The maximum Gasteiger partial charge on any atom is 0.111 e. The van der Waals surface area contributed by atoms with Crippen molar-refractivity contribution in [3.63, 3.8) is 0 Å². The summed E-state index contributed by atoms with van der Waals surface area (Å²) in [5.41, 5.74) is -0.471. The Labute approximate surface area is 95.1 Å². The minimum Gasteiger partial charge on any atom is -0.394 e. The zero-order valence-electron chi connectivity index (χ0n) is 9.87. The fraction of sp³-hybridized carbons (Fsp3) is 1.00. The van der Waals surface area contributed by atoms with Crippen LogP contribution in [0.15, 0.2) is 0 Å². The molecule has 0 spiro atoms. The molecule has 0 aromatic heterocycles. The van der Waals surface area contributed by atoms with E-state index >= 15 is 0 Å². The summed E-state index contributed by atoms with van der Waals surface area (Å²) in [5, 5.41) is 45.8. The molecule has 98 valence electrons. The van der Waals surface area contributed by atoms with Crippen LogP contribution in [-0.4, -0.2) is 68.8 Å². The number of rotatable bonds is 6. The molecule has 0 aromatic rings. The normalized spacial score (nSPS) is 20.2. The van der Waals surface area contributed by atoms with Gasteiger partial charge in [-0.2, -0.15) is 0 Å². The molecule has 4 atom stereocenters. The molecule has 0 unspecified atom stereocenters. The Balaban J connectivity index is 4.12. The van der Waals surface area contributed by atoms with Gasteiger partial charge in [-0.3, -0.25) is 0 Å². The van der Waals surface area contributed by atoms with Crippen LogP contribution in [-0.2, 0) is 4.74 Å². The standard InChI is InChI=1S/C10H22O6/c1-10(2,3)16-5-7(13)9(15)8(14)6(12)4-11/h6-9,11-15H,4-5H2,1-3H3/t6-,7-,8-,9-/m1/s1. The van der Waals surface area contributed by atoms with E-state index in [1.54, 1.807) is 20.8 Å². The first-order chi connectivity index (χ1) is 7.19. The summed E-state index contributed by atoms with van der Waals surface area (Å²) in [5.74, 6) is 0. The third-order valence-electron chi connectivity index (χ3n) is 2.01. The smallest absolute Gasteiger partial charge is 0.111 e.